The number of nitrogens with zero attached hydrogens (tertiary/aromatic N) is 6. The van der Waals surface area contributed by atoms with Gasteiger partial charge in [0.15, 0.2) is 0 Å². The largest absolute Gasteiger partial charge is 0.338 e. The first-order chi connectivity index (χ1) is 16.6. The Morgan fingerprint density at radius 2 is 1.17 bits per heavy atom. The van der Waals surface area contributed by atoms with Crippen LogP contribution in [-0.2, 0) is 0 Å². The molecular weight excluding hydrogens is 434 g/mol. The van der Waals surface area contributed by atoms with Crippen molar-refractivity contribution >= 4 is 17.8 Å². The summed E-state index contributed by atoms with van der Waals surface area (Å²) in [6.07, 6.45) is 11.7. The predicted molar refractivity (Wildman–Crippen MR) is 152 cm³/mol. The van der Waals surface area contributed by atoms with Crippen molar-refractivity contribution in [2.45, 2.75) is 77.4 Å². The van der Waals surface area contributed by atoms with Crippen LogP contribution in [0.5, 0.6) is 0 Å². The lowest BCUT2D eigenvalue weighted by Crippen LogP contribution is -2.62. The molecule has 1 aliphatic rings. The molecule has 1 saturated heterocycles. The third-order valence-electron chi connectivity index (χ3n) is 6.18. The Hall–Kier alpha value is -2.67. The molecule has 0 aromatic carbocycles. The number of piperidine rings is 1. The SMILES string of the molecule is C=CCN(CC=C)c1nc(N(CC=C)CC=C)nc(N(CCCC)C2CC(C)(C)NC(C)(C)C2)n1. The second kappa shape index (κ2) is 12.9. The average Bonchev–Trinajstić information content (AvgIpc) is 2.77. The fourth-order valence-electron chi connectivity index (χ4n) is 5.12. The molecule has 35 heavy (non-hydrogen) atoms. The minimum atomic E-state index is 0.0189. The van der Waals surface area contributed by atoms with Crippen LogP contribution in [0, 0.1) is 0 Å². The highest BCUT2D eigenvalue weighted by atomic mass is 15.4. The Labute approximate surface area is 213 Å². The summed E-state index contributed by atoms with van der Waals surface area (Å²) in [7, 11) is 0. The van der Waals surface area contributed by atoms with Gasteiger partial charge in [-0.15, -0.1) is 26.3 Å². The number of unbranched alkanes of at least 4 members (excludes halogenated alkanes) is 1. The number of hydrogen-bond acceptors (Lipinski definition) is 7. The smallest absolute Gasteiger partial charge is 0.232 e. The summed E-state index contributed by atoms with van der Waals surface area (Å²) >= 11 is 0. The van der Waals surface area contributed by atoms with Gasteiger partial charge < -0.3 is 20.0 Å². The van der Waals surface area contributed by atoms with Crippen LogP contribution in [0.15, 0.2) is 50.6 Å². The summed E-state index contributed by atoms with van der Waals surface area (Å²) in [6, 6.07) is 0.315. The van der Waals surface area contributed by atoms with Gasteiger partial charge >= 0.3 is 0 Å². The van der Waals surface area contributed by atoms with E-state index in [1.165, 1.54) is 0 Å². The fraction of sp³-hybridized carbons (Fsp3) is 0.607. The Balaban J connectivity index is 2.65. The third-order valence-corrected chi connectivity index (χ3v) is 6.18. The molecule has 1 aliphatic heterocycles. The minimum absolute atomic E-state index is 0.0189. The molecule has 1 fully saturated rings. The van der Waals surface area contributed by atoms with Crippen LogP contribution in [0.2, 0.25) is 0 Å². The van der Waals surface area contributed by atoms with Crippen molar-refractivity contribution in [1.29, 1.82) is 0 Å². The van der Waals surface area contributed by atoms with Crippen LogP contribution in [0.4, 0.5) is 17.8 Å². The van der Waals surface area contributed by atoms with Gasteiger partial charge in [0.2, 0.25) is 17.8 Å². The number of rotatable bonds is 15. The molecule has 0 radical (unpaired) electrons. The second-order valence-corrected chi connectivity index (χ2v) is 10.7. The molecule has 0 atom stereocenters. The molecule has 2 rings (SSSR count). The first kappa shape index (κ1) is 28.6. The van der Waals surface area contributed by atoms with Crippen LogP contribution >= 0.6 is 0 Å². The molecule has 7 heteroatoms. The van der Waals surface area contributed by atoms with Crippen LogP contribution in [0.1, 0.15) is 60.3 Å². The fourth-order valence-corrected chi connectivity index (χ4v) is 5.12. The Kier molecular flexibility index (Phi) is 10.5. The Bertz CT molecular complexity index is 783. The summed E-state index contributed by atoms with van der Waals surface area (Å²) in [5.41, 5.74) is 0.0377. The molecule has 0 spiro atoms. The standard InChI is InChI=1S/C28H47N7/c1-10-15-20-35(23-21-27(6,7)32-28(8,9)22-23)26-30-24(33(16-11-2)17-12-3)29-25(31-26)34(18-13-4)19-14-5/h11-14,23,32H,2-5,10,15-22H2,1,6-9H3. The highest BCUT2D eigenvalue weighted by molar-refractivity contribution is 5.48. The highest BCUT2D eigenvalue weighted by Crippen LogP contribution is 2.34. The van der Waals surface area contributed by atoms with Crippen molar-refractivity contribution in [3.63, 3.8) is 0 Å². The molecule has 1 N–H and O–H groups in total. The van der Waals surface area contributed by atoms with E-state index in [-0.39, 0.29) is 11.1 Å². The van der Waals surface area contributed by atoms with E-state index >= 15 is 0 Å². The van der Waals surface area contributed by atoms with E-state index in [0.29, 0.717) is 44.1 Å². The number of aromatic nitrogens is 3. The lowest BCUT2D eigenvalue weighted by molar-refractivity contribution is 0.157. The molecule has 1 aromatic rings. The van der Waals surface area contributed by atoms with E-state index in [2.05, 4.69) is 81.0 Å². The summed E-state index contributed by atoms with van der Waals surface area (Å²) in [5, 5.41) is 3.81. The summed E-state index contributed by atoms with van der Waals surface area (Å²) in [6.45, 7) is 30.5. The van der Waals surface area contributed by atoms with Gasteiger partial charge in [-0.3, -0.25) is 0 Å². The highest BCUT2D eigenvalue weighted by Gasteiger charge is 2.40. The molecule has 0 saturated carbocycles. The van der Waals surface area contributed by atoms with E-state index in [1.807, 2.05) is 24.3 Å². The zero-order chi connectivity index (χ0) is 26.1. The maximum absolute atomic E-state index is 5.03. The average molecular weight is 482 g/mol. The number of anilines is 3. The quantitative estimate of drug-likeness (QED) is 0.348. The van der Waals surface area contributed by atoms with Crippen molar-refractivity contribution in [1.82, 2.24) is 20.3 Å². The van der Waals surface area contributed by atoms with E-state index in [0.717, 1.165) is 38.2 Å². The zero-order valence-corrected chi connectivity index (χ0v) is 22.8. The van der Waals surface area contributed by atoms with E-state index in [4.69, 9.17) is 15.0 Å². The Morgan fingerprint density at radius 1 is 0.771 bits per heavy atom. The van der Waals surface area contributed by atoms with Gasteiger partial charge in [0, 0.05) is 49.8 Å². The summed E-state index contributed by atoms with van der Waals surface area (Å²) in [4.78, 5) is 21.5. The summed E-state index contributed by atoms with van der Waals surface area (Å²) in [5.74, 6) is 2.00. The van der Waals surface area contributed by atoms with Crippen LogP contribution in [-0.4, -0.2) is 64.8 Å². The monoisotopic (exact) mass is 481 g/mol. The van der Waals surface area contributed by atoms with E-state index < -0.39 is 0 Å². The molecule has 7 nitrogen and oxygen atoms in total. The van der Waals surface area contributed by atoms with Crippen molar-refractivity contribution in [2.24, 2.45) is 0 Å². The number of nitrogens with one attached hydrogen (secondary N) is 1. The first-order valence-corrected chi connectivity index (χ1v) is 12.8. The van der Waals surface area contributed by atoms with Gasteiger partial charge in [-0.25, -0.2) is 0 Å². The lowest BCUT2D eigenvalue weighted by Gasteiger charge is -2.49. The molecule has 0 bridgehead atoms. The van der Waals surface area contributed by atoms with E-state index in [1.54, 1.807) is 0 Å². The molecular formula is C28H47N7. The molecule has 1 aromatic heterocycles. The van der Waals surface area contributed by atoms with Gasteiger partial charge in [0.25, 0.3) is 0 Å². The second-order valence-electron chi connectivity index (χ2n) is 10.7. The third kappa shape index (κ3) is 8.20. The topological polar surface area (TPSA) is 60.4 Å². The predicted octanol–water partition coefficient (Wildman–Crippen LogP) is 5.14. The van der Waals surface area contributed by atoms with Crippen molar-refractivity contribution in [2.75, 3.05) is 47.4 Å². The van der Waals surface area contributed by atoms with Crippen LogP contribution in [0.3, 0.4) is 0 Å². The van der Waals surface area contributed by atoms with Crippen molar-refractivity contribution in [3.8, 4) is 0 Å². The lowest BCUT2D eigenvalue weighted by atomic mass is 9.79. The number of hydrogen-bond donors (Lipinski definition) is 1. The van der Waals surface area contributed by atoms with Crippen molar-refractivity contribution in [3.05, 3.63) is 50.6 Å². The van der Waals surface area contributed by atoms with E-state index in [9.17, 15) is 0 Å². The summed E-state index contributed by atoms with van der Waals surface area (Å²) < 4.78 is 0. The van der Waals surface area contributed by atoms with Gasteiger partial charge in [-0.1, -0.05) is 37.6 Å². The molecule has 0 aliphatic carbocycles. The maximum Gasteiger partial charge on any atom is 0.232 e. The molecule has 194 valence electrons. The van der Waals surface area contributed by atoms with Crippen molar-refractivity contribution < 1.29 is 0 Å². The zero-order valence-electron chi connectivity index (χ0n) is 22.8. The van der Waals surface area contributed by atoms with Crippen LogP contribution < -0.4 is 20.0 Å². The maximum atomic E-state index is 5.03. The van der Waals surface area contributed by atoms with Crippen LogP contribution in [0.25, 0.3) is 0 Å². The molecule has 0 unspecified atom stereocenters. The first-order valence-electron chi connectivity index (χ1n) is 12.8. The van der Waals surface area contributed by atoms with Gasteiger partial charge in [-0.05, 0) is 47.0 Å². The minimum Gasteiger partial charge on any atom is -0.338 e. The van der Waals surface area contributed by atoms with Gasteiger partial charge in [-0.2, -0.15) is 15.0 Å². The molecule has 0 amide bonds. The van der Waals surface area contributed by atoms with Gasteiger partial charge in [0.05, 0.1) is 0 Å². The molecule has 2 heterocycles. The normalized spacial score (nSPS) is 16.8. The Morgan fingerprint density at radius 3 is 1.54 bits per heavy atom. The van der Waals surface area contributed by atoms with Gasteiger partial charge in [0.1, 0.15) is 0 Å².